The topological polar surface area (TPSA) is 55.8 Å². The second-order valence-corrected chi connectivity index (χ2v) is 7.43. The lowest BCUT2D eigenvalue weighted by molar-refractivity contribution is -0.168. The summed E-state index contributed by atoms with van der Waals surface area (Å²) >= 11 is 0. The molecule has 0 saturated carbocycles. The van der Waals surface area contributed by atoms with Gasteiger partial charge in [0, 0.05) is 24.6 Å². The number of likely N-dealkylation sites (tertiary alicyclic amines) is 1. The summed E-state index contributed by atoms with van der Waals surface area (Å²) in [6, 6.07) is -0.541. The van der Waals surface area contributed by atoms with Gasteiger partial charge >= 0.3 is 5.97 Å². The molecule has 0 radical (unpaired) electrons. The number of hydrogen-bond acceptors (Lipinski definition) is 5. The highest BCUT2D eigenvalue weighted by Gasteiger charge is 2.50. The molecule has 1 fully saturated rings. The summed E-state index contributed by atoms with van der Waals surface area (Å²) in [6.07, 6.45) is 1.98. The molecular weight excluding hydrogens is 282 g/mol. The molecule has 1 heterocycles. The van der Waals surface area contributed by atoms with Crippen molar-refractivity contribution in [2.24, 2.45) is 0 Å². The fraction of sp³-hybridized carbons (Fsp3) is 0.882. The Kier molecular flexibility index (Phi) is 6.16. The SMILES string of the molecule is CCOC(=O)C(CC(C)=O)N1C(C)(C)CC(OC)CC1(C)C. The molecule has 0 aromatic heterocycles. The second kappa shape index (κ2) is 7.09. The number of Topliss-reactive ketones (excluding diaryl/α,β-unsaturated/α-hetero) is 1. The molecule has 0 aromatic rings. The standard InChI is InChI=1S/C17H31NO4/c1-8-22-15(20)14(9-12(2)19)18-16(3,4)10-13(21-7)11-17(18,5)6/h13-14H,8-11H2,1-7H3. The number of carbonyl (C=O) groups excluding carboxylic acids is 2. The number of carbonyl (C=O) groups is 2. The first kappa shape index (κ1) is 19.1. The molecule has 0 amide bonds. The van der Waals surface area contributed by atoms with Crippen LogP contribution in [0.25, 0.3) is 0 Å². The Morgan fingerprint density at radius 3 is 2.05 bits per heavy atom. The van der Waals surface area contributed by atoms with Crippen molar-refractivity contribution in [1.82, 2.24) is 4.90 Å². The van der Waals surface area contributed by atoms with Crippen LogP contribution in [0, 0.1) is 0 Å². The highest BCUT2D eigenvalue weighted by atomic mass is 16.5. The number of methoxy groups -OCH3 is 1. The zero-order valence-electron chi connectivity index (χ0n) is 15.1. The van der Waals surface area contributed by atoms with Gasteiger partial charge in [-0.3, -0.25) is 14.5 Å². The van der Waals surface area contributed by atoms with Crippen LogP contribution >= 0.6 is 0 Å². The molecule has 1 unspecified atom stereocenters. The fourth-order valence-electron chi connectivity index (χ4n) is 4.00. The van der Waals surface area contributed by atoms with Gasteiger partial charge in [0.05, 0.1) is 12.7 Å². The van der Waals surface area contributed by atoms with E-state index in [4.69, 9.17) is 9.47 Å². The summed E-state index contributed by atoms with van der Waals surface area (Å²) in [5.74, 6) is -0.312. The largest absolute Gasteiger partial charge is 0.465 e. The summed E-state index contributed by atoms with van der Waals surface area (Å²) in [5, 5.41) is 0. The maximum absolute atomic E-state index is 12.5. The van der Waals surface area contributed by atoms with Crippen LogP contribution in [-0.2, 0) is 19.1 Å². The summed E-state index contributed by atoms with van der Waals surface area (Å²) in [4.78, 5) is 26.3. The van der Waals surface area contributed by atoms with E-state index in [1.165, 1.54) is 6.92 Å². The first-order chi connectivity index (χ1) is 10.0. The van der Waals surface area contributed by atoms with Crippen LogP contribution in [0.2, 0.25) is 0 Å². The molecule has 1 aliphatic rings. The van der Waals surface area contributed by atoms with E-state index in [-0.39, 0.29) is 35.4 Å². The van der Waals surface area contributed by atoms with E-state index in [9.17, 15) is 9.59 Å². The van der Waals surface area contributed by atoms with Gasteiger partial charge in [-0.25, -0.2) is 0 Å². The van der Waals surface area contributed by atoms with E-state index < -0.39 is 6.04 Å². The van der Waals surface area contributed by atoms with Crippen molar-refractivity contribution in [1.29, 1.82) is 0 Å². The van der Waals surface area contributed by atoms with E-state index in [0.717, 1.165) is 12.8 Å². The first-order valence-electron chi connectivity index (χ1n) is 8.03. The summed E-state index contributed by atoms with van der Waals surface area (Å²) in [5.41, 5.74) is -0.509. The molecule has 1 saturated heterocycles. The van der Waals surface area contributed by atoms with Crippen molar-refractivity contribution in [3.63, 3.8) is 0 Å². The Bertz CT molecular complexity index is 399. The van der Waals surface area contributed by atoms with Gasteiger partial charge in [-0.1, -0.05) is 0 Å². The molecule has 0 bridgehead atoms. The van der Waals surface area contributed by atoms with E-state index >= 15 is 0 Å². The quantitative estimate of drug-likeness (QED) is 0.705. The number of piperidine rings is 1. The van der Waals surface area contributed by atoms with Crippen LogP contribution in [0.1, 0.15) is 60.8 Å². The predicted molar refractivity (Wildman–Crippen MR) is 85.7 cm³/mol. The second-order valence-electron chi connectivity index (χ2n) is 7.43. The number of ether oxygens (including phenoxy) is 2. The molecule has 5 nitrogen and oxygen atoms in total. The number of rotatable bonds is 6. The fourth-order valence-corrected chi connectivity index (χ4v) is 4.00. The molecule has 1 rings (SSSR count). The summed E-state index contributed by atoms with van der Waals surface area (Å²) < 4.78 is 10.8. The highest BCUT2D eigenvalue weighted by Crippen LogP contribution is 2.41. The van der Waals surface area contributed by atoms with E-state index in [1.807, 2.05) is 0 Å². The normalized spacial score (nSPS) is 23.0. The molecule has 1 atom stereocenters. The zero-order valence-corrected chi connectivity index (χ0v) is 15.1. The average Bonchev–Trinajstić information content (AvgIpc) is 2.34. The van der Waals surface area contributed by atoms with Crippen molar-refractivity contribution in [3.05, 3.63) is 0 Å². The van der Waals surface area contributed by atoms with Crippen LogP contribution in [0.5, 0.6) is 0 Å². The molecule has 1 aliphatic heterocycles. The Balaban J connectivity index is 3.18. The molecule has 0 aromatic carbocycles. The van der Waals surface area contributed by atoms with Gasteiger partial charge in [-0.05, 0) is 54.4 Å². The van der Waals surface area contributed by atoms with Crippen LogP contribution in [0.4, 0.5) is 0 Å². The van der Waals surface area contributed by atoms with Crippen molar-refractivity contribution in [2.75, 3.05) is 13.7 Å². The number of nitrogens with zero attached hydrogens (tertiary/aromatic N) is 1. The lowest BCUT2D eigenvalue weighted by Gasteiger charge is -2.57. The van der Waals surface area contributed by atoms with Gasteiger partial charge in [-0.2, -0.15) is 0 Å². The molecular formula is C17H31NO4. The molecule has 128 valence electrons. The van der Waals surface area contributed by atoms with Crippen molar-refractivity contribution in [3.8, 4) is 0 Å². The number of ketones is 1. The molecule has 5 heteroatoms. The van der Waals surface area contributed by atoms with Gasteiger partial charge in [0.25, 0.3) is 0 Å². The third kappa shape index (κ3) is 4.29. The van der Waals surface area contributed by atoms with Crippen LogP contribution in [0.3, 0.4) is 0 Å². The smallest absolute Gasteiger partial charge is 0.323 e. The summed E-state index contributed by atoms with van der Waals surface area (Å²) in [6.45, 7) is 12.0. The molecule has 0 aliphatic carbocycles. The third-order valence-electron chi connectivity index (χ3n) is 4.44. The van der Waals surface area contributed by atoms with E-state index in [2.05, 4.69) is 32.6 Å². The van der Waals surface area contributed by atoms with Gasteiger partial charge in [0.1, 0.15) is 11.8 Å². The maximum atomic E-state index is 12.5. The van der Waals surface area contributed by atoms with Crippen LogP contribution in [0.15, 0.2) is 0 Å². The monoisotopic (exact) mass is 313 g/mol. The Morgan fingerprint density at radius 2 is 1.68 bits per heavy atom. The summed E-state index contributed by atoms with van der Waals surface area (Å²) in [7, 11) is 1.73. The number of esters is 1. The highest BCUT2D eigenvalue weighted by molar-refractivity contribution is 5.85. The zero-order chi connectivity index (χ0) is 17.1. The van der Waals surface area contributed by atoms with Crippen molar-refractivity contribution in [2.45, 2.75) is 84.0 Å². The predicted octanol–water partition coefficient (Wildman–Crippen LogP) is 2.57. The Labute approximate surface area is 134 Å². The minimum Gasteiger partial charge on any atom is -0.465 e. The van der Waals surface area contributed by atoms with E-state index in [0.29, 0.717) is 6.61 Å². The third-order valence-corrected chi connectivity index (χ3v) is 4.44. The van der Waals surface area contributed by atoms with Gasteiger partial charge in [-0.15, -0.1) is 0 Å². The first-order valence-corrected chi connectivity index (χ1v) is 8.03. The number of hydrogen-bond donors (Lipinski definition) is 0. The molecule has 22 heavy (non-hydrogen) atoms. The minimum atomic E-state index is -0.541. The lowest BCUT2D eigenvalue weighted by atomic mass is 9.76. The van der Waals surface area contributed by atoms with Gasteiger partial charge < -0.3 is 9.47 Å². The Morgan fingerprint density at radius 1 is 1.18 bits per heavy atom. The van der Waals surface area contributed by atoms with Crippen LogP contribution < -0.4 is 0 Å². The molecule has 0 spiro atoms. The maximum Gasteiger partial charge on any atom is 0.323 e. The van der Waals surface area contributed by atoms with Crippen LogP contribution in [-0.4, -0.2) is 53.6 Å². The van der Waals surface area contributed by atoms with Gasteiger partial charge in [0.2, 0.25) is 0 Å². The molecule has 0 N–H and O–H groups in total. The Hall–Kier alpha value is -0.940. The van der Waals surface area contributed by atoms with Crippen molar-refractivity contribution < 1.29 is 19.1 Å². The van der Waals surface area contributed by atoms with Crippen molar-refractivity contribution >= 4 is 11.8 Å². The average molecular weight is 313 g/mol. The lowest BCUT2D eigenvalue weighted by Crippen LogP contribution is -2.67. The van der Waals surface area contributed by atoms with E-state index in [1.54, 1.807) is 14.0 Å². The minimum absolute atomic E-state index is 0.00137. The van der Waals surface area contributed by atoms with Gasteiger partial charge in [0.15, 0.2) is 0 Å².